The fourth-order valence-corrected chi connectivity index (χ4v) is 1.22. The zero-order valence-electron chi connectivity index (χ0n) is 8.99. The lowest BCUT2D eigenvalue weighted by atomic mass is 9.71. The van der Waals surface area contributed by atoms with Crippen molar-refractivity contribution >= 4 is 0 Å². The van der Waals surface area contributed by atoms with E-state index in [0.29, 0.717) is 0 Å². The Morgan fingerprint density at radius 1 is 1.43 bits per heavy atom. The fourth-order valence-electron chi connectivity index (χ4n) is 1.22. The summed E-state index contributed by atoms with van der Waals surface area (Å²) < 4.78 is 0. The summed E-state index contributed by atoms with van der Waals surface area (Å²) in [7, 11) is 0. The molecule has 0 spiro atoms. The zero-order chi connectivity index (χ0) is 10.8. The molecule has 1 atom stereocenters. The van der Waals surface area contributed by atoms with E-state index in [0.717, 1.165) is 5.56 Å². The average molecular weight is 194 g/mol. The molecule has 0 unspecified atom stereocenters. The van der Waals surface area contributed by atoms with Crippen molar-refractivity contribution < 1.29 is 5.11 Å². The monoisotopic (exact) mass is 194 g/mol. The maximum atomic E-state index is 9.29. The van der Waals surface area contributed by atoms with E-state index in [2.05, 4.69) is 4.98 Å². The molecule has 0 aliphatic carbocycles. The van der Waals surface area contributed by atoms with Gasteiger partial charge in [0.2, 0.25) is 0 Å². The van der Waals surface area contributed by atoms with Gasteiger partial charge in [0.25, 0.3) is 0 Å². The van der Waals surface area contributed by atoms with Crippen molar-refractivity contribution in [1.29, 1.82) is 0 Å². The summed E-state index contributed by atoms with van der Waals surface area (Å²) in [4.78, 5) is 4.04. The quantitative estimate of drug-likeness (QED) is 0.762. The normalized spacial score (nSPS) is 16.4. The van der Waals surface area contributed by atoms with E-state index in [4.69, 9.17) is 5.73 Å². The molecule has 0 saturated heterocycles. The van der Waals surface area contributed by atoms with E-state index >= 15 is 0 Å². The Labute approximate surface area is 85.0 Å². The van der Waals surface area contributed by atoms with Gasteiger partial charge >= 0.3 is 0 Å². The minimum absolute atomic E-state index is 0.0505. The summed E-state index contributed by atoms with van der Waals surface area (Å²) >= 11 is 0. The predicted molar refractivity (Wildman–Crippen MR) is 56.6 cm³/mol. The van der Waals surface area contributed by atoms with Crippen molar-refractivity contribution in [2.24, 2.45) is 11.1 Å². The van der Waals surface area contributed by atoms with E-state index in [-0.39, 0.29) is 12.0 Å². The Morgan fingerprint density at radius 3 is 2.50 bits per heavy atom. The van der Waals surface area contributed by atoms with Crippen LogP contribution in [0.4, 0.5) is 0 Å². The molecule has 1 aromatic rings. The second-order valence-electron chi connectivity index (χ2n) is 4.49. The van der Waals surface area contributed by atoms with Gasteiger partial charge < -0.3 is 10.8 Å². The summed E-state index contributed by atoms with van der Waals surface area (Å²) in [6, 6.07) is 3.79. The predicted octanol–water partition coefficient (Wildman–Crippen LogP) is 1.27. The molecule has 78 valence electrons. The molecular formula is C11H18N2O. The molecule has 0 radical (unpaired) electrons. The molecule has 1 aromatic heterocycles. The third-order valence-corrected chi connectivity index (χ3v) is 3.06. The van der Waals surface area contributed by atoms with Crippen LogP contribution in [0.3, 0.4) is 0 Å². The number of nitrogens with zero attached hydrogens (tertiary/aromatic N) is 1. The number of rotatable bonds is 3. The highest BCUT2D eigenvalue weighted by Gasteiger charge is 2.38. The molecule has 0 aliphatic heterocycles. The lowest BCUT2D eigenvalue weighted by molar-refractivity contribution is 0.0809. The Morgan fingerprint density at radius 2 is 2.07 bits per heavy atom. The molecule has 0 bridgehead atoms. The molecule has 3 nitrogen and oxygen atoms in total. The van der Waals surface area contributed by atoms with Gasteiger partial charge in [0.1, 0.15) is 0 Å². The van der Waals surface area contributed by atoms with Crippen LogP contribution in [0, 0.1) is 5.41 Å². The molecule has 0 aromatic carbocycles. The number of nitrogens with two attached hydrogens (primary N) is 1. The molecule has 3 N–H and O–H groups in total. The highest BCUT2D eigenvalue weighted by atomic mass is 16.3. The van der Waals surface area contributed by atoms with Crippen LogP contribution in [0.1, 0.15) is 26.3 Å². The lowest BCUT2D eigenvalue weighted by Crippen LogP contribution is -2.49. The van der Waals surface area contributed by atoms with E-state index in [9.17, 15) is 5.11 Å². The number of aromatic nitrogens is 1. The van der Waals surface area contributed by atoms with E-state index in [1.165, 1.54) is 0 Å². The van der Waals surface area contributed by atoms with Gasteiger partial charge in [0.15, 0.2) is 0 Å². The maximum Gasteiger partial charge on any atom is 0.0502 e. The third kappa shape index (κ3) is 1.79. The molecule has 0 saturated carbocycles. The molecule has 0 amide bonds. The Hall–Kier alpha value is -0.930. The summed E-state index contributed by atoms with van der Waals surface area (Å²) in [6.45, 7) is 5.86. The molecule has 1 rings (SSSR count). The highest BCUT2D eigenvalue weighted by Crippen LogP contribution is 2.36. The smallest absolute Gasteiger partial charge is 0.0502 e. The minimum Gasteiger partial charge on any atom is -0.396 e. The highest BCUT2D eigenvalue weighted by molar-refractivity contribution is 5.22. The number of hydrogen-bond donors (Lipinski definition) is 2. The molecule has 1 heterocycles. The van der Waals surface area contributed by atoms with Crippen LogP contribution in [0.5, 0.6) is 0 Å². The maximum absolute atomic E-state index is 9.29. The van der Waals surface area contributed by atoms with Crippen LogP contribution in [0.25, 0.3) is 0 Å². The SMILES string of the molecule is CC(C)(CO)[C@](C)(N)c1cccnc1. The Kier molecular flexibility index (Phi) is 2.92. The van der Waals surface area contributed by atoms with Gasteiger partial charge in [-0.25, -0.2) is 0 Å². The van der Waals surface area contributed by atoms with Crippen LogP contribution in [0.15, 0.2) is 24.5 Å². The third-order valence-electron chi connectivity index (χ3n) is 3.06. The molecular weight excluding hydrogens is 176 g/mol. The molecule has 14 heavy (non-hydrogen) atoms. The first kappa shape index (κ1) is 11.1. The second kappa shape index (κ2) is 3.67. The van der Waals surface area contributed by atoms with Crippen molar-refractivity contribution in [1.82, 2.24) is 4.98 Å². The van der Waals surface area contributed by atoms with E-state index in [1.807, 2.05) is 32.9 Å². The van der Waals surface area contributed by atoms with Gasteiger partial charge in [-0.3, -0.25) is 4.98 Å². The van der Waals surface area contributed by atoms with Crippen LogP contribution in [-0.4, -0.2) is 16.7 Å². The van der Waals surface area contributed by atoms with Gasteiger partial charge in [0.05, 0.1) is 6.61 Å². The van der Waals surface area contributed by atoms with Crippen molar-refractivity contribution in [3.05, 3.63) is 30.1 Å². The van der Waals surface area contributed by atoms with E-state index in [1.54, 1.807) is 12.4 Å². The van der Waals surface area contributed by atoms with Gasteiger partial charge in [-0.05, 0) is 18.6 Å². The lowest BCUT2D eigenvalue weighted by Gasteiger charge is -2.40. The first-order chi connectivity index (χ1) is 6.42. The van der Waals surface area contributed by atoms with E-state index < -0.39 is 5.54 Å². The van der Waals surface area contributed by atoms with Gasteiger partial charge in [-0.15, -0.1) is 0 Å². The Balaban J connectivity index is 3.08. The van der Waals surface area contributed by atoms with Crippen molar-refractivity contribution in [3.8, 4) is 0 Å². The summed E-state index contributed by atoms with van der Waals surface area (Å²) in [5, 5.41) is 9.29. The van der Waals surface area contributed by atoms with Crippen LogP contribution in [0.2, 0.25) is 0 Å². The number of hydrogen-bond acceptors (Lipinski definition) is 3. The van der Waals surface area contributed by atoms with Crippen molar-refractivity contribution in [2.45, 2.75) is 26.3 Å². The summed E-state index contributed by atoms with van der Waals surface area (Å²) in [5.41, 5.74) is 6.23. The van der Waals surface area contributed by atoms with Crippen LogP contribution >= 0.6 is 0 Å². The van der Waals surface area contributed by atoms with Gasteiger partial charge in [-0.1, -0.05) is 19.9 Å². The number of aliphatic hydroxyl groups is 1. The van der Waals surface area contributed by atoms with Crippen molar-refractivity contribution in [3.63, 3.8) is 0 Å². The minimum atomic E-state index is -0.573. The summed E-state index contributed by atoms with van der Waals surface area (Å²) in [5.74, 6) is 0. The second-order valence-corrected chi connectivity index (χ2v) is 4.49. The molecule has 0 aliphatic rings. The Bertz CT molecular complexity index is 293. The standard InChI is InChI=1S/C11H18N2O/c1-10(2,8-14)11(3,12)9-5-4-6-13-7-9/h4-7,14H,8,12H2,1-3H3/t11-/m1/s1. The number of pyridine rings is 1. The van der Waals surface area contributed by atoms with Crippen LogP contribution in [-0.2, 0) is 5.54 Å². The summed E-state index contributed by atoms with van der Waals surface area (Å²) in [6.07, 6.45) is 3.46. The number of aliphatic hydroxyl groups excluding tert-OH is 1. The topological polar surface area (TPSA) is 59.1 Å². The first-order valence-corrected chi connectivity index (χ1v) is 4.72. The first-order valence-electron chi connectivity index (χ1n) is 4.72. The largest absolute Gasteiger partial charge is 0.396 e. The molecule has 3 heteroatoms. The van der Waals surface area contributed by atoms with Crippen LogP contribution < -0.4 is 5.73 Å². The van der Waals surface area contributed by atoms with Gasteiger partial charge in [-0.2, -0.15) is 0 Å². The average Bonchev–Trinajstić information content (AvgIpc) is 2.19. The molecule has 0 fully saturated rings. The van der Waals surface area contributed by atoms with Crippen molar-refractivity contribution in [2.75, 3.05) is 6.61 Å². The van der Waals surface area contributed by atoms with Gasteiger partial charge in [0, 0.05) is 23.3 Å². The fraction of sp³-hybridized carbons (Fsp3) is 0.545. The zero-order valence-corrected chi connectivity index (χ0v) is 8.99.